The summed E-state index contributed by atoms with van der Waals surface area (Å²) in [7, 11) is -1.29. The number of rotatable bonds is 5. The van der Waals surface area contributed by atoms with Crippen molar-refractivity contribution in [3.63, 3.8) is 0 Å². The maximum Gasteiger partial charge on any atom is 0.208 e. The van der Waals surface area contributed by atoms with Crippen molar-refractivity contribution in [1.82, 2.24) is 14.9 Å². The number of hydrogen-bond acceptors (Lipinski definition) is 3. The topological polar surface area (TPSA) is 73.8 Å². The molecule has 0 aromatic heterocycles. The number of guanidine groups is 1. The maximum atomic E-state index is 10.9. The van der Waals surface area contributed by atoms with Crippen molar-refractivity contribution in [2.45, 2.75) is 26.2 Å². The van der Waals surface area contributed by atoms with Crippen molar-refractivity contribution in [2.24, 2.45) is 10.9 Å². The van der Waals surface area contributed by atoms with Crippen LogP contribution < -0.4 is 10.0 Å². The van der Waals surface area contributed by atoms with Crippen LogP contribution in [0.25, 0.3) is 0 Å². The first kappa shape index (κ1) is 16.2. The first-order valence-electron chi connectivity index (χ1n) is 6.82. The summed E-state index contributed by atoms with van der Waals surface area (Å²) in [5, 5.41) is 3.29. The lowest BCUT2D eigenvalue weighted by molar-refractivity contribution is 0.266. The van der Waals surface area contributed by atoms with E-state index in [1.54, 1.807) is 7.05 Å². The van der Waals surface area contributed by atoms with E-state index in [1.165, 1.54) is 19.1 Å². The molecule has 1 heterocycles. The van der Waals surface area contributed by atoms with Gasteiger partial charge in [0.2, 0.25) is 10.0 Å². The van der Waals surface area contributed by atoms with E-state index in [0.717, 1.165) is 32.0 Å². The third-order valence-corrected chi connectivity index (χ3v) is 3.90. The van der Waals surface area contributed by atoms with Crippen LogP contribution in [0.4, 0.5) is 0 Å². The second-order valence-corrected chi connectivity index (χ2v) is 7.02. The minimum Gasteiger partial charge on any atom is -0.356 e. The molecule has 1 aliphatic heterocycles. The normalized spacial score (nSPS) is 21.5. The van der Waals surface area contributed by atoms with E-state index >= 15 is 0 Å². The Morgan fingerprint density at radius 3 is 2.74 bits per heavy atom. The van der Waals surface area contributed by atoms with Gasteiger partial charge in [0.05, 0.1) is 6.26 Å². The summed E-state index contributed by atoms with van der Waals surface area (Å²) in [6.07, 6.45) is 4.41. The summed E-state index contributed by atoms with van der Waals surface area (Å²) in [5.41, 5.74) is 0. The number of sulfonamides is 1. The smallest absolute Gasteiger partial charge is 0.208 e. The van der Waals surface area contributed by atoms with Gasteiger partial charge >= 0.3 is 0 Å². The highest BCUT2D eigenvalue weighted by atomic mass is 32.2. The average molecular weight is 290 g/mol. The number of piperidine rings is 1. The molecule has 0 amide bonds. The van der Waals surface area contributed by atoms with Crippen molar-refractivity contribution >= 4 is 16.0 Å². The minimum absolute atomic E-state index is 0.458. The van der Waals surface area contributed by atoms with Crippen molar-refractivity contribution in [2.75, 3.05) is 39.5 Å². The van der Waals surface area contributed by atoms with Gasteiger partial charge in [-0.3, -0.25) is 4.99 Å². The van der Waals surface area contributed by atoms with Crippen molar-refractivity contribution in [3.05, 3.63) is 0 Å². The molecule has 0 aromatic carbocycles. The summed E-state index contributed by atoms with van der Waals surface area (Å²) < 4.78 is 24.3. The van der Waals surface area contributed by atoms with Gasteiger partial charge in [-0.1, -0.05) is 6.92 Å². The minimum atomic E-state index is -3.08. The Hall–Kier alpha value is -0.820. The lowest BCUT2D eigenvalue weighted by atomic mass is 10.0. The Labute approximate surface area is 116 Å². The highest BCUT2D eigenvalue weighted by molar-refractivity contribution is 7.88. The number of nitrogens with zero attached hydrogens (tertiary/aromatic N) is 2. The summed E-state index contributed by atoms with van der Waals surface area (Å²) in [6, 6.07) is 0. The summed E-state index contributed by atoms with van der Waals surface area (Å²) in [4.78, 5) is 6.56. The van der Waals surface area contributed by atoms with Crippen LogP contribution in [-0.2, 0) is 10.0 Å². The monoisotopic (exact) mass is 290 g/mol. The molecular weight excluding hydrogens is 264 g/mol. The lowest BCUT2D eigenvalue weighted by Crippen LogP contribution is -2.46. The molecular formula is C12H26N4O2S. The molecule has 0 saturated carbocycles. The van der Waals surface area contributed by atoms with Gasteiger partial charge in [-0.15, -0.1) is 0 Å². The van der Waals surface area contributed by atoms with Gasteiger partial charge in [-0.2, -0.15) is 0 Å². The summed E-state index contributed by atoms with van der Waals surface area (Å²) in [6.45, 7) is 5.53. The van der Waals surface area contributed by atoms with Gasteiger partial charge in [0.15, 0.2) is 5.96 Å². The van der Waals surface area contributed by atoms with Gasteiger partial charge in [0.1, 0.15) is 0 Å². The van der Waals surface area contributed by atoms with Crippen molar-refractivity contribution in [3.8, 4) is 0 Å². The standard InChI is InChI=1S/C12H26N4O2S/c1-11-6-4-9-16(10-11)12(13-2)14-7-5-8-15-19(3,17)18/h11,15H,4-10H2,1-3H3,(H,13,14). The molecule has 0 aliphatic carbocycles. The molecule has 1 saturated heterocycles. The highest BCUT2D eigenvalue weighted by Gasteiger charge is 2.18. The molecule has 1 aliphatic rings. The fraction of sp³-hybridized carbons (Fsp3) is 0.917. The number of hydrogen-bond donors (Lipinski definition) is 2. The van der Waals surface area contributed by atoms with E-state index in [0.29, 0.717) is 12.5 Å². The maximum absolute atomic E-state index is 10.9. The fourth-order valence-corrected chi connectivity index (χ4v) is 2.78. The van der Waals surface area contributed by atoms with Crippen molar-refractivity contribution < 1.29 is 8.42 Å². The first-order valence-corrected chi connectivity index (χ1v) is 8.71. The van der Waals surface area contributed by atoms with E-state index in [9.17, 15) is 8.42 Å². The first-order chi connectivity index (χ1) is 8.92. The van der Waals surface area contributed by atoms with Gasteiger partial charge in [-0.05, 0) is 25.2 Å². The number of likely N-dealkylation sites (tertiary alicyclic amines) is 1. The van der Waals surface area contributed by atoms with Crippen molar-refractivity contribution in [1.29, 1.82) is 0 Å². The zero-order chi connectivity index (χ0) is 14.3. The molecule has 0 spiro atoms. The molecule has 0 radical (unpaired) electrons. The third kappa shape index (κ3) is 6.77. The average Bonchev–Trinajstić information content (AvgIpc) is 2.32. The molecule has 1 rings (SSSR count). The van der Waals surface area contributed by atoms with E-state index in [2.05, 4.69) is 26.9 Å². The van der Waals surface area contributed by atoms with Gasteiger partial charge < -0.3 is 10.2 Å². The predicted molar refractivity (Wildman–Crippen MR) is 78.8 cm³/mol. The van der Waals surface area contributed by atoms with Gasteiger partial charge in [0, 0.05) is 33.2 Å². The molecule has 0 aromatic rings. The zero-order valence-electron chi connectivity index (χ0n) is 12.1. The molecule has 0 bridgehead atoms. The number of aliphatic imine (C=N–C) groups is 1. The Kier molecular flexibility index (Phi) is 6.57. The molecule has 1 unspecified atom stereocenters. The van der Waals surface area contributed by atoms with Crippen LogP contribution in [0.2, 0.25) is 0 Å². The predicted octanol–water partition coefficient (Wildman–Crippen LogP) is 0.233. The summed E-state index contributed by atoms with van der Waals surface area (Å²) in [5.74, 6) is 1.63. The molecule has 7 heteroatoms. The van der Waals surface area contributed by atoms with Crippen LogP contribution in [0.1, 0.15) is 26.2 Å². The second kappa shape index (κ2) is 7.69. The van der Waals surface area contributed by atoms with E-state index in [4.69, 9.17) is 0 Å². The largest absolute Gasteiger partial charge is 0.356 e. The second-order valence-electron chi connectivity index (χ2n) is 5.19. The zero-order valence-corrected chi connectivity index (χ0v) is 13.0. The quantitative estimate of drug-likeness (QED) is 0.432. The Bertz CT molecular complexity index is 395. The van der Waals surface area contributed by atoms with Crippen LogP contribution >= 0.6 is 0 Å². The molecule has 19 heavy (non-hydrogen) atoms. The molecule has 2 N–H and O–H groups in total. The highest BCUT2D eigenvalue weighted by Crippen LogP contribution is 2.15. The van der Waals surface area contributed by atoms with Gasteiger partial charge in [-0.25, -0.2) is 13.1 Å². The summed E-state index contributed by atoms with van der Waals surface area (Å²) >= 11 is 0. The Balaban J connectivity index is 2.26. The fourth-order valence-electron chi connectivity index (χ4n) is 2.26. The third-order valence-electron chi connectivity index (χ3n) is 3.17. The van der Waals surface area contributed by atoms with E-state index in [1.807, 2.05) is 0 Å². The Morgan fingerprint density at radius 1 is 1.42 bits per heavy atom. The molecule has 1 fully saturated rings. The van der Waals surface area contributed by atoms with Crippen LogP contribution in [-0.4, -0.2) is 58.8 Å². The van der Waals surface area contributed by atoms with Crippen LogP contribution in [0.15, 0.2) is 4.99 Å². The molecule has 112 valence electrons. The van der Waals surface area contributed by atoms with E-state index < -0.39 is 10.0 Å². The van der Waals surface area contributed by atoms with Crippen LogP contribution in [0, 0.1) is 5.92 Å². The number of nitrogens with one attached hydrogen (secondary N) is 2. The molecule has 6 nitrogen and oxygen atoms in total. The Morgan fingerprint density at radius 2 is 2.16 bits per heavy atom. The van der Waals surface area contributed by atoms with Gasteiger partial charge in [0.25, 0.3) is 0 Å². The van der Waals surface area contributed by atoms with E-state index in [-0.39, 0.29) is 0 Å². The van der Waals surface area contributed by atoms with Crippen LogP contribution in [0.3, 0.4) is 0 Å². The SMILES string of the molecule is CN=C(NCCCNS(C)(=O)=O)N1CCCC(C)C1. The van der Waals surface area contributed by atoms with Crippen LogP contribution in [0.5, 0.6) is 0 Å². The lowest BCUT2D eigenvalue weighted by Gasteiger charge is -2.33. The molecule has 1 atom stereocenters.